The van der Waals surface area contributed by atoms with Crippen molar-refractivity contribution in [3.8, 4) is 0 Å². The molecule has 4 heterocycles. The van der Waals surface area contributed by atoms with E-state index in [9.17, 15) is 18.9 Å². The Morgan fingerprint density at radius 1 is 0.837 bits per heavy atom. The predicted octanol–water partition coefficient (Wildman–Crippen LogP) is 4.50. The number of rotatable bonds is 9. The van der Waals surface area contributed by atoms with Gasteiger partial charge < -0.3 is 29.1 Å². The van der Waals surface area contributed by atoms with E-state index in [-0.39, 0.29) is 56.2 Å². The Labute approximate surface area is 300 Å². The maximum Gasteiger partial charge on any atom is 0.336 e. The number of piperidine rings is 1. The summed E-state index contributed by atoms with van der Waals surface area (Å²) in [6.07, 6.45) is 4.65. The third-order valence-corrected chi connectivity index (χ3v) is 12.5. The molecule has 10 nitrogen and oxygen atoms in total. The van der Waals surface area contributed by atoms with Gasteiger partial charge in [-0.3, -0.25) is 9.69 Å². The lowest BCUT2D eigenvalue weighted by Gasteiger charge is -2.45. The molecule has 0 aliphatic carbocycles. The van der Waals surface area contributed by atoms with E-state index < -0.39 is 29.0 Å². The molecule has 3 fully saturated rings. The van der Waals surface area contributed by atoms with Crippen molar-refractivity contribution in [1.82, 2.24) is 20.0 Å². The largest absolute Gasteiger partial charge is 0.611 e. The lowest BCUT2D eigenvalue weighted by Crippen LogP contribution is -2.56. The van der Waals surface area contributed by atoms with Gasteiger partial charge in [0, 0.05) is 65.6 Å². The van der Waals surface area contributed by atoms with Crippen LogP contribution in [0.2, 0.25) is 10.0 Å². The van der Waals surface area contributed by atoms with Crippen molar-refractivity contribution in [2.75, 3.05) is 53.2 Å². The first-order valence-corrected chi connectivity index (χ1v) is 18.7. The van der Waals surface area contributed by atoms with E-state index in [4.69, 9.17) is 32.7 Å². The third kappa shape index (κ3) is 7.38. The van der Waals surface area contributed by atoms with Crippen LogP contribution in [0.3, 0.4) is 0 Å². The highest BCUT2D eigenvalue weighted by atomic mass is 35.5. The molecule has 262 valence electrons. The maximum absolute atomic E-state index is 14.0. The van der Waals surface area contributed by atoms with Gasteiger partial charge in [0.05, 0.1) is 43.4 Å². The summed E-state index contributed by atoms with van der Waals surface area (Å²) in [6.45, 7) is 2.69. The fourth-order valence-electron chi connectivity index (χ4n) is 7.91. The highest BCUT2D eigenvalue weighted by Crippen LogP contribution is 2.46. The molecule has 2 aromatic rings. The van der Waals surface area contributed by atoms with E-state index in [2.05, 4.69) is 22.2 Å². The van der Waals surface area contributed by atoms with Gasteiger partial charge in [0.1, 0.15) is 0 Å². The minimum absolute atomic E-state index is 0.0130. The molecule has 4 aliphatic heterocycles. The first-order chi connectivity index (χ1) is 23.6. The Bertz CT molecular complexity index is 1610. The third-order valence-electron chi connectivity index (χ3n) is 10.5. The van der Waals surface area contributed by atoms with Gasteiger partial charge in [0.25, 0.3) is 0 Å². The van der Waals surface area contributed by atoms with Crippen molar-refractivity contribution < 1.29 is 28.4 Å². The van der Waals surface area contributed by atoms with Crippen molar-refractivity contribution >= 4 is 52.2 Å². The molecule has 4 atom stereocenters. The van der Waals surface area contributed by atoms with Crippen LogP contribution in [0.1, 0.15) is 43.6 Å². The van der Waals surface area contributed by atoms with E-state index in [1.165, 1.54) is 27.1 Å². The number of amides is 1. The zero-order valence-corrected chi connectivity index (χ0v) is 30.3. The molecule has 4 aliphatic rings. The number of carbonyl (C=O) groups is 3. The van der Waals surface area contributed by atoms with Gasteiger partial charge in [-0.25, -0.2) is 9.59 Å². The molecule has 49 heavy (non-hydrogen) atoms. The second-order valence-corrected chi connectivity index (χ2v) is 15.3. The number of nitrogens with one attached hydrogen (secondary N) is 1. The van der Waals surface area contributed by atoms with Crippen LogP contribution < -0.4 is 5.32 Å². The van der Waals surface area contributed by atoms with E-state index >= 15 is 0 Å². The molecule has 3 saturated heterocycles. The Hall–Kier alpha value is -3.06. The number of fused-ring (bicyclic) bond motifs is 2. The van der Waals surface area contributed by atoms with Gasteiger partial charge in [-0.1, -0.05) is 47.5 Å². The number of nitrogens with zero attached hydrogens (tertiary/aromatic N) is 3. The standard InChI is InChI=1S/C36H42Cl2N4O6S/c1-40-22-12-13-23(40)19-24(18-22)41-14-16-42(17-15-41)30(43)20-28-32(35(44)47-2)34(31-26(37)10-7-11-27(31)38)33(36(45)48-3)29(39-28)21-49(46)25-8-5-4-6-9-25/h4-11,22-24,34,39H,12-21H2,1-3H3/t22?,23?,24?,34-,49?/m0/s1. The predicted molar refractivity (Wildman–Crippen MR) is 189 cm³/mol. The van der Waals surface area contributed by atoms with Gasteiger partial charge in [0.2, 0.25) is 5.91 Å². The lowest BCUT2D eigenvalue weighted by molar-refractivity contribution is -0.137. The molecular formula is C36H42Cl2N4O6S. The summed E-state index contributed by atoms with van der Waals surface area (Å²) in [7, 11) is 4.70. The highest BCUT2D eigenvalue weighted by molar-refractivity contribution is 7.91. The molecule has 1 amide bonds. The molecule has 0 aromatic heterocycles. The lowest BCUT2D eigenvalue weighted by atomic mass is 9.79. The average Bonchev–Trinajstić information content (AvgIpc) is 3.29. The molecule has 3 unspecified atom stereocenters. The quantitative estimate of drug-likeness (QED) is 0.295. The summed E-state index contributed by atoms with van der Waals surface area (Å²) in [6, 6.07) is 15.5. The molecule has 0 saturated carbocycles. The zero-order valence-electron chi connectivity index (χ0n) is 28.0. The summed E-state index contributed by atoms with van der Waals surface area (Å²) in [5.74, 6) is -3.00. The van der Waals surface area contributed by atoms with Gasteiger partial charge in [-0.15, -0.1) is 0 Å². The molecule has 13 heteroatoms. The fourth-order valence-corrected chi connectivity index (χ4v) is 9.64. The highest BCUT2D eigenvalue weighted by Gasteiger charge is 2.44. The van der Waals surface area contributed by atoms with Crippen LogP contribution in [0.4, 0.5) is 0 Å². The molecule has 0 spiro atoms. The summed E-state index contributed by atoms with van der Waals surface area (Å²) in [5, 5.41) is 3.60. The second kappa shape index (κ2) is 15.4. The number of ether oxygens (including phenoxy) is 2. The average molecular weight is 730 g/mol. The van der Waals surface area contributed by atoms with Gasteiger partial charge >= 0.3 is 11.9 Å². The molecular weight excluding hydrogens is 687 g/mol. The van der Waals surface area contributed by atoms with Gasteiger partial charge in [0.15, 0.2) is 10.6 Å². The normalized spacial score (nSPS) is 25.2. The van der Waals surface area contributed by atoms with Crippen LogP contribution in [0.15, 0.2) is 76.0 Å². The number of halogens is 2. The second-order valence-electron chi connectivity index (χ2n) is 13.0. The number of esters is 2. The van der Waals surface area contributed by atoms with Crippen LogP contribution in [0.5, 0.6) is 0 Å². The number of piperazine rings is 1. The maximum atomic E-state index is 14.0. The van der Waals surface area contributed by atoms with Crippen molar-refractivity contribution in [3.63, 3.8) is 0 Å². The molecule has 1 N–H and O–H groups in total. The smallest absolute Gasteiger partial charge is 0.336 e. The van der Waals surface area contributed by atoms with Crippen molar-refractivity contribution in [3.05, 3.63) is 86.7 Å². The van der Waals surface area contributed by atoms with Crippen LogP contribution in [-0.4, -0.2) is 108 Å². The van der Waals surface area contributed by atoms with Crippen molar-refractivity contribution in [2.24, 2.45) is 0 Å². The Morgan fingerprint density at radius 2 is 1.41 bits per heavy atom. The Kier molecular flexibility index (Phi) is 11.3. The van der Waals surface area contributed by atoms with E-state index in [1.54, 1.807) is 42.5 Å². The fraction of sp³-hybridized carbons (Fsp3) is 0.472. The Balaban J connectivity index is 1.32. The minimum atomic E-state index is -1.60. The number of carbonyl (C=O) groups excluding carboxylic acids is 3. The summed E-state index contributed by atoms with van der Waals surface area (Å²) in [5.41, 5.74) is 0.786. The number of benzene rings is 2. The molecule has 6 rings (SSSR count). The number of methoxy groups -OCH3 is 2. The molecule has 2 aromatic carbocycles. The van der Waals surface area contributed by atoms with Crippen molar-refractivity contribution in [2.45, 2.75) is 61.0 Å². The van der Waals surface area contributed by atoms with E-state index in [0.717, 1.165) is 25.9 Å². The summed E-state index contributed by atoms with van der Waals surface area (Å²) < 4.78 is 24.1. The van der Waals surface area contributed by atoms with Crippen LogP contribution in [-0.2, 0) is 35.0 Å². The minimum Gasteiger partial charge on any atom is -0.611 e. The summed E-state index contributed by atoms with van der Waals surface area (Å²) >= 11 is 11.8. The SMILES string of the molecule is COC(=O)C1=C(CC(=O)N2CCN(C3CC4CCC(C3)N4C)CC2)NC(C[S+]([O-])c2ccccc2)=C(C(=O)OC)[C@H]1c1c(Cl)cccc1Cl. The van der Waals surface area contributed by atoms with Crippen LogP contribution >= 0.6 is 23.2 Å². The number of hydrogen-bond acceptors (Lipinski definition) is 9. The monoisotopic (exact) mass is 728 g/mol. The number of dihydropyridines is 1. The molecule has 2 bridgehead atoms. The van der Waals surface area contributed by atoms with Crippen molar-refractivity contribution in [1.29, 1.82) is 0 Å². The topological polar surface area (TPSA) is 114 Å². The van der Waals surface area contributed by atoms with E-state index in [0.29, 0.717) is 36.1 Å². The Morgan fingerprint density at radius 3 is 1.98 bits per heavy atom. The number of hydrogen-bond donors (Lipinski definition) is 1. The van der Waals surface area contributed by atoms with Gasteiger partial charge in [-0.05, 0) is 68.2 Å². The van der Waals surface area contributed by atoms with Crippen LogP contribution in [0.25, 0.3) is 0 Å². The first kappa shape index (κ1) is 35.8. The van der Waals surface area contributed by atoms with Gasteiger partial charge in [-0.2, -0.15) is 0 Å². The molecule has 0 radical (unpaired) electrons. The van der Waals surface area contributed by atoms with E-state index in [1.807, 2.05) is 11.0 Å². The first-order valence-electron chi connectivity index (χ1n) is 16.6. The summed E-state index contributed by atoms with van der Waals surface area (Å²) in [4.78, 5) is 48.7. The zero-order chi connectivity index (χ0) is 34.8. The van der Waals surface area contributed by atoms with Crippen LogP contribution in [0, 0.1) is 0 Å².